The van der Waals surface area contributed by atoms with Gasteiger partial charge in [-0.3, -0.25) is 9.59 Å². The van der Waals surface area contributed by atoms with E-state index >= 15 is 0 Å². The summed E-state index contributed by atoms with van der Waals surface area (Å²) in [5, 5.41) is 4.09. The third-order valence-electron chi connectivity index (χ3n) is 3.65. The van der Waals surface area contributed by atoms with E-state index in [0.29, 0.717) is 23.6 Å². The molecule has 3 aromatic rings. The summed E-state index contributed by atoms with van der Waals surface area (Å²) in [7, 11) is 0. The molecule has 0 spiro atoms. The molecule has 0 saturated heterocycles. The van der Waals surface area contributed by atoms with Gasteiger partial charge in [-0.2, -0.15) is 0 Å². The van der Waals surface area contributed by atoms with E-state index in [2.05, 4.69) is 10.3 Å². The molecule has 3 rings (SSSR count). The lowest BCUT2D eigenvalue weighted by Gasteiger charge is -2.04. The molecule has 0 saturated carbocycles. The molecule has 0 fully saturated rings. The van der Waals surface area contributed by atoms with E-state index in [-0.39, 0.29) is 0 Å². The van der Waals surface area contributed by atoms with Gasteiger partial charge in [-0.1, -0.05) is 41.9 Å². The number of halogens is 1. The number of Topliss-reactive ketones (excluding diaryl/α,β-unsaturated/α-hetero) is 1. The lowest BCUT2D eigenvalue weighted by Crippen LogP contribution is -2.32. The van der Waals surface area contributed by atoms with Crippen LogP contribution < -0.4 is 5.32 Å². The molecule has 1 aromatic heterocycles. The Bertz CT molecular complexity index is 853. The molecule has 0 atom stereocenters. The Hall–Kier alpha value is -2.59. The van der Waals surface area contributed by atoms with Crippen molar-refractivity contribution in [3.63, 3.8) is 0 Å². The van der Waals surface area contributed by atoms with Crippen molar-refractivity contribution in [1.82, 2.24) is 10.3 Å². The zero-order valence-electron chi connectivity index (χ0n) is 12.3. The highest BCUT2D eigenvalue weighted by molar-refractivity contribution is 6.44. The smallest absolute Gasteiger partial charge is 0.292 e. The van der Waals surface area contributed by atoms with Crippen LogP contribution in [0.25, 0.3) is 10.9 Å². The quantitative estimate of drug-likeness (QED) is 0.558. The van der Waals surface area contributed by atoms with Gasteiger partial charge in [0.25, 0.3) is 11.7 Å². The van der Waals surface area contributed by atoms with Crippen LogP contribution in [-0.2, 0) is 11.2 Å². The zero-order chi connectivity index (χ0) is 16.2. The number of carbonyl (C=O) groups is 2. The number of ketones is 1. The summed E-state index contributed by atoms with van der Waals surface area (Å²) in [6, 6.07) is 14.8. The Kier molecular flexibility index (Phi) is 4.44. The molecule has 0 radical (unpaired) electrons. The van der Waals surface area contributed by atoms with Crippen molar-refractivity contribution in [3.05, 3.63) is 70.9 Å². The SMILES string of the molecule is O=C(NCCc1ccc(Cl)cc1)C(=O)c1c[nH]c2ccccc12. The van der Waals surface area contributed by atoms with Crippen LogP contribution in [0.1, 0.15) is 15.9 Å². The molecule has 1 heterocycles. The maximum absolute atomic E-state index is 12.3. The summed E-state index contributed by atoms with van der Waals surface area (Å²) in [5.74, 6) is -1.12. The van der Waals surface area contributed by atoms with Crippen molar-refractivity contribution in [3.8, 4) is 0 Å². The number of benzene rings is 2. The minimum atomic E-state index is -0.594. The molecule has 0 aliphatic heterocycles. The first-order chi connectivity index (χ1) is 11.1. The Morgan fingerprint density at radius 1 is 1.04 bits per heavy atom. The van der Waals surface area contributed by atoms with Crippen LogP contribution in [0.4, 0.5) is 0 Å². The fourth-order valence-corrected chi connectivity index (χ4v) is 2.56. The third-order valence-corrected chi connectivity index (χ3v) is 3.90. The van der Waals surface area contributed by atoms with Crippen LogP contribution in [0.15, 0.2) is 54.7 Å². The Labute approximate surface area is 138 Å². The predicted molar refractivity (Wildman–Crippen MR) is 90.8 cm³/mol. The van der Waals surface area contributed by atoms with E-state index in [4.69, 9.17) is 11.6 Å². The number of hydrogen-bond donors (Lipinski definition) is 2. The summed E-state index contributed by atoms with van der Waals surface area (Å²) in [4.78, 5) is 27.3. The molecule has 0 unspecified atom stereocenters. The van der Waals surface area contributed by atoms with Gasteiger partial charge in [0.1, 0.15) is 0 Å². The van der Waals surface area contributed by atoms with E-state index in [1.165, 1.54) is 0 Å². The number of para-hydroxylation sites is 1. The number of rotatable bonds is 5. The minimum absolute atomic E-state index is 0.393. The first-order valence-electron chi connectivity index (χ1n) is 7.28. The molecule has 0 aliphatic carbocycles. The molecule has 116 valence electrons. The molecular weight excluding hydrogens is 312 g/mol. The lowest BCUT2D eigenvalue weighted by molar-refractivity contribution is -0.116. The number of aromatic amines is 1. The first-order valence-corrected chi connectivity index (χ1v) is 7.66. The Balaban J connectivity index is 1.61. The van der Waals surface area contributed by atoms with Gasteiger partial charge < -0.3 is 10.3 Å². The van der Waals surface area contributed by atoms with Gasteiger partial charge in [-0.05, 0) is 30.2 Å². The van der Waals surface area contributed by atoms with Gasteiger partial charge in [0.05, 0.1) is 5.56 Å². The van der Waals surface area contributed by atoms with E-state index in [0.717, 1.165) is 16.5 Å². The van der Waals surface area contributed by atoms with Crippen LogP contribution in [-0.4, -0.2) is 23.2 Å². The lowest BCUT2D eigenvalue weighted by atomic mass is 10.1. The number of hydrogen-bond acceptors (Lipinski definition) is 2. The molecule has 2 aromatic carbocycles. The molecule has 0 bridgehead atoms. The predicted octanol–water partition coefficient (Wildman–Crippen LogP) is 3.36. The molecule has 5 heteroatoms. The van der Waals surface area contributed by atoms with Crippen molar-refractivity contribution >= 4 is 34.2 Å². The molecule has 0 aliphatic rings. The highest BCUT2D eigenvalue weighted by Gasteiger charge is 2.19. The third kappa shape index (κ3) is 3.43. The minimum Gasteiger partial charge on any atom is -0.360 e. The van der Waals surface area contributed by atoms with Gasteiger partial charge in [-0.25, -0.2) is 0 Å². The maximum atomic E-state index is 12.3. The second-order valence-corrected chi connectivity index (χ2v) is 5.65. The normalized spacial score (nSPS) is 10.7. The van der Waals surface area contributed by atoms with Crippen LogP contribution in [0.5, 0.6) is 0 Å². The fourth-order valence-electron chi connectivity index (χ4n) is 2.43. The van der Waals surface area contributed by atoms with Gasteiger partial charge >= 0.3 is 0 Å². The van der Waals surface area contributed by atoms with Crippen molar-refractivity contribution in [2.75, 3.05) is 6.54 Å². The Morgan fingerprint density at radius 3 is 2.57 bits per heavy atom. The number of amides is 1. The Morgan fingerprint density at radius 2 is 1.78 bits per heavy atom. The van der Waals surface area contributed by atoms with Crippen molar-refractivity contribution < 1.29 is 9.59 Å². The molecule has 2 N–H and O–H groups in total. The van der Waals surface area contributed by atoms with Gasteiger partial charge in [-0.15, -0.1) is 0 Å². The van der Waals surface area contributed by atoms with Gasteiger partial charge in [0.15, 0.2) is 0 Å². The average molecular weight is 327 g/mol. The second kappa shape index (κ2) is 6.67. The highest BCUT2D eigenvalue weighted by Crippen LogP contribution is 2.18. The number of nitrogens with one attached hydrogen (secondary N) is 2. The summed E-state index contributed by atoms with van der Waals surface area (Å²) >= 11 is 5.83. The maximum Gasteiger partial charge on any atom is 0.292 e. The number of aromatic nitrogens is 1. The second-order valence-electron chi connectivity index (χ2n) is 5.21. The van der Waals surface area contributed by atoms with E-state index in [1.54, 1.807) is 18.3 Å². The fraction of sp³-hybridized carbons (Fsp3) is 0.111. The number of H-pyrrole nitrogens is 1. The van der Waals surface area contributed by atoms with E-state index < -0.39 is 11.7 Å². The monoisotopic (exact) mass is 326 g/mol. The van der Waals surface area contributed by atoms with Crippen LogP contribution >= 0.6 is 11.6 Å². The van der Waals surface area contributed by atoms with Crippen LogP contribution in [0.2, 0.25) is 5.02 Å². The number of fused-ring (bicyclic) bond motifs is 1. The topological polar surface area (TPSA) is 62.0 Å². The molecule has 23 heavy (non-hydrogen) atoms. The van der Waals surface area contributed by atoms with E-state index in [1.807, 2.05) is 36.4 Å². The largest absolute Gasteiger partial charge is 0.360 e. The van der Waals surface area contributed by atoms with Crippen LogP contribution in [0.3, 0.4) is 0 Å². The van der Waals surface area contributed by atoms with E-state index in [9.17, 15) is 9.59 Å². The summed E-state index contributed by atoms with van der Waals surface area (Å²) in [6.45, 7) is 0.397. The number of carbonyl (C=O) groups excluding carboxylic acids is 2. The molecular formula is C18H15ClN2O2. The summed E-state index contributed by atoms with van der Waals surface area (Å²) in [6.07, 6.45) is 2.22. The first kappa shape index (κ1) is 15.3. The molecule has 1 amide bonds. The zero-order valence-corrected chi connectivity index (χ0v) is 13.1. The average Bonchev–Trinajstić information content (AvgIpc) is 3.00. The standard InChI is InChI=1S/C18H15ClN2O2/c19-13-7-5-12(6-8-13)9-10-20-18(23)17(22)15-11-21-16-4-2-1-3-14(15)16/h1-8,11,21H,9-10H2,(H,20,23). The summed E-state index contributed by atoms with van der Waals surface area (Å²) in [5.41, 5.74) is 2.28. The summed E-state index contributed by atoms with van der Waals surface area (Å²) < 4.78 is 0. The van der Waals surface area contributed by atoms with Crippen LogP contribution in [0, 0.1) is 0 Å². The van der Waals surface area contributed by atoms with Gasteiger partial charge in [0, 0.05) is 28.7 Å². The van der Waals surface area contributed by atoms with Crippen molar-refractivity contribution in [2.24, 2.45) is 0 Å². The van der Waals surface area contributed by atoms with Crippen molar-refractivity contribution in [1.29, 1.82) is 0 Å². The highest BCUT2D eigenvalue weighted by atomic mass is 35.5. The van der Waals surface area contributed by atoms with Gasteiger partial charge in [0.2, 0.25) is 0 Å². The van der Waals surface area contributed by atoms with Crippen molar-refractivity contribution in [2.45, 2.75) is 6.42 Å². The molecule has 4 nitrogen and oxygen atoms in total.